The third-order valence-electron chi connectivity index (χ3n) is 3.34. The summed E-state index contributed by atoms with van der Waals surface area (Å²) in [6.45, 7) is 6.69. The maximum atomic E-state index is 11.7. The molecule has 100 valence electrons. The van der Waals surface area contributed by atoms with Crippen LogP contribution in [0.4, 0.5) is 0 Å². The Balaban J connectivity index is 1.83. The van der Waals surface area contributed by atoms with E-state index in [1.165, 1.54) is 0 Å². The first-order chi connectivity index (χ1) is 8.65. The van der Waals surface area contributed by atoms with Crippen molar-refractivity contribution in [1.82, 2.24) is 10.2 Å². The van der Waals surface area contributed by atoms with Crippen LogP contribution in [0.25, 0.3) is 0 Å². The Labute approximate surface area is 108 Å². The minimum atomic E-state index is 0.0606. The highest BCUT2D eigenvalue weighted by atomic mass is 16.3. The van der Waals surface area contributed by atoms with Gasteiger partial charge in [0, 0.05) is 18.5 Å². The summed E-state index contributed by atoms with van der Waals surface area (Å²) in [6.07, 6.45) is 3.91. The summed E-state index contributed by atoms with van der Waals surface area (Å²) in [4.78, 5) is 14.0. The van der Waals surface area contributed by atoms with Crippen LogP contribution in [0.15, 0.2) is 22.8 Å². The van der Waals surface area contributed by atoms with Crippen molar-refractivity contribution in [2.24, 2.45) is 5.92 Å². The lowest BCUT2D eigenvalue weighted by atomic mass is 10.0. The molecule has 1 aliphatic heterocycles. The van der Waals surface area contributed by atoms with Gasteiger partial charge in [-0.1, -0.05) is 13.8 Å². The number of carbonyl (C=O) groups is 1. The Morgan fingerprint density at radius 3 is 3.11 bits per heavy atom. The molecule has 1 aromatic heterocycles. The maximum Gasteiger partial charge on any atom is 0.222 e. The van der Waals surface area contributed by atoms with Gasteiger partial charge in [-0.15, -0.1) is 0 Å². The number of carbonyl (C=O) groups excluding carboxylic acids is 1. The van der Waals surface area contributed by atoms with Crippen LogP contribution in [0, 0.1) is 5.92 Å². The van der Waals surface area contributed by atoms with Crippen LogP contribution >= 0.6 is 0 Å². The maximum absolute atomic E-state index is 11.7. The van der Waals surface area contributed by atoms with Gasteiger partial charge in [0.15, 0.2) is 0 Å². The van der Waals surface area contributed by atoms with Crippen molar-refractivity contribution >= 4 is 5.91 Å². The van der Waals surface area contributed by atoms with Gasteiger partial charge >= 0.3 is 0 Å². The largest absolute Gasteiger partial charge is 0.468 e. The van der Waals surface area contributed by atoms with Crippen LogP contribution in [-0.4, -0.2) is 29.9 Å². The Hall–Kier alpha value is -1.29. The quantitative estimate of drug-likeness (QED) is 0.889. The van der Waals surface area contributed by atoms with Crippen LogP contribution in [-0.2, 0) is 11.3 Å². The number of furan rings is 1. The van der Waals surface area contributed by atoms with Gasteiger partial charge in [0.2, 0.25) is 5.91 Å². The number of rotatable bonds is 4. The third kappa shape index (κ3) is 3.60. The minimum absolute atomic E-state index is 0.0606. The van der Waals surface area contributed by atoms with Gasteiger partial charge in [-0.2, -0.15) is 0 Å². The molecule has 2 heterocycles. The molecule has 1 aliphatic rings. The second-order valence-corrected chi connectivity index (χ2v) is 5.32. The molecule has 4 heteroatoms. The Morgan fingerprint density at radius 2 is 2.44 bits per heavy atom. The van der Waals surface area contributed by atoms with Crippen molar-refractivity contribution < 1.29 is 9.21 Å². The molecule has 2 rings (SSSR count). The highest BCUT2D eigenvalue weighted by Gasteiger charge is 2.22. The van der Waals surface area contributed by atoms with E-state index in [2.05, 4.69) is 10.2 Å². The average Bonchev–Trinajstić information content (AvgIpc) is 2.82. The van der Waals surface area contributed by atoms with Gasteiger partial charge in [0.25, 0.3) is 0 Å². The fourth-order valence-electron chi connectivity index (χ4n) is 2.31. The number of hydrogen-bond donors (Lipinski definition) is 1. The van der Waals surface area contributed by atoms with Gasteiger partial charge in [0.1, 0.15) is 5.76 Å². The predicted octanol–water partition coefficient (Wildman–Crippen LogP) is 2.02. The predicted molar refractivity (Wildman–Crippen MR) is 70.0 cm³/mol. The molecule has 1 N–H and O–H groups in total. The molecule has 1 fully saturated rings. The first-order valence-corrected chi connectivity index (χ1v) is 6.70. The molecule has 1 amide bonds. The molecular formula is C14H22N2O2. The van der Waals surface area contributed by atoms with Crippen molar-refractivity contribution in [1.29, 1.82) is 0 Å². The molecule has 1 aromatic rings. The van der Waals surface area contributed by atoms with E-state index in [1.54, 1.807) is 6.26 Å². The number of piperidine rings is 1. The molecule has 18 heavy (non-hydrogen) atoms. The Kier molecular flexibility index (Phi) is 4.42. The average molecular weight is 250 g/mol. The molecule has 1 saturated heterocycles. The Morgan fingerprint density at radius 1 is 1.61 bits per heavy atom. The van der Waals surface area contributed by atoms with E-state index in [1.807, 2.05) is 26.0 Å². The fourth-order valence-corrected chi connectivity index (χ4v) is 2.31. The van der Waals surface area contributed by atoms with Crippen LogP contribution in [0.2, 0.25) is 0 Å². The number of nitrogens with zero attached hydrogens (tertiary/aromatic N) is 1. The SMILES string of the molecule is CC(C)C(=O)NC1CCCN(Cc2ccco2)C1. The topological polar surface area (TPSA) is 45.5 Å². The number of hydrogen-bond acceptors (Lipinski definition) is 3. The van der Waals surface area contributed by atoms with Crippen LogP contribution in [0.5, 0.6) is 0 Å². The van der Waals surface area contributed by atoms with Crippen molar-refractivity contribution in [2.75, 3.05) is 13.1 Å². The molecule has 0 bridgehead atoms. The molecule has 0 saturated carbocycles. The van der Waals surface area contributed by atoms with Crippen molar-refractivity contribution in [2.45, 2.75) is 39.3 Å². The normalized spacial score (nSPS) is 21.2. The molecule has 1 unspecified atom stereocenters. The molecule has 0 aliphatic carbocycles. The molecule has 4 nitrogen and oxygen atoms in total. The van der Waals surface area contributed by atoms with E-state index in [0.717, 1.165) is 38.2 Å². The molecule has 1 atom stereocenters. The van der Waals surface area contributed by atoms with Crippen LogP contribution in [0.1, 0.15) is 32.4 Å². The van der Waals surface area contributed by atoms with Gasteiger partial charge in [-0.05, 0) is 31.5 Å². The van der Waals surface area contributed by atoms with Crippen molar-refractivity contribution in [3.63, 3.8) is 0 Å². The molecular weight excluding hydrogens is 228 g/mol. The molecule has 0 radical (unpaired) electrons. The first kappa shape index (κ1) is 13.1. The molecule has 0 spiro atoms. The monoisotopic (exact) mass is 250 g/mol. The van der Waals surface area contributed by atoms with E-state index >= 15 is 0 Å². The number of nitrogens with one attached hydrogen (secondary N) is 1. The van der Waals surface area contributed by atoms with E-state index in [4.69, 9.17) is 4.42 Å². The summed E-state index contributed by atoms with van der Waals surface area (Å²) in [5.74, 6) is 1.20. The lowest BCUT2D eigenvalue weighted by Crippen LogP contribution is -2.48. The summed E-state index contributed by atoms with van der Waals surface area (Å²) in [5.41, 5.74) is 0. The first-order valence-electron chi connectivity index (χ1n) is 6.70. The van der Waals surface area contributed by atoms with Crippen LogP contribution in [0.3, 0.4) is 0 Å². The number of likely N-dealkylation sites (tertiary alicyclic amines) is 1. The number of amides is 1. The van der Waals surface area contributed by atoms with Crippen molar-refractivity contribution in [3.8, 4) is 0 Å². The smallest absolute Gasteiger partial charge is 0.222 e. The minimum Gasteiger partial charge on any atom is -0.468 e. The summed E-state index contributed by atoms with van der Waals surface area (Å²) >= 11 is 0. The fraction of sp³-hybridized carbons (Fsp3) is 0.643. The lowest BCUT2D eigenvalue weighted by molar-refractivity contribution is -0.125. The third-order valence-corrected chi connectivity index (χ3v) is 3.34. The summed E-state index contributed by atoms with van der Waals surface area (Å²) in [6, 6.07) is 4.19. The van der Waals surface area contributed by atoms with Gasteiger partial charge in [-0.25, -0.2) is 0 Å². The highest BCUT2D eigenvalue weighted by molar-refractivity contribution is 5.78. The Bertz CT molecular complexity index is 373. The lowest BCUT2D eigenvalue weighted by Gasteiger charge is -2.32. The zero-order valence-electron chi connectivity index (χ0n) is 11.2. The van der Waals surface area contributed by atoms with E-state index in [-0.39, 0.29) is 17.9 Å². The molecule has 0 aromatic carbocycles. The van der Waals surface area contributed by atoms with E-state index in [0.29, 0.717) is 0 Å². The standard InChI is InChI=1S/C14H22N2O2/c1-11(2)14(17)15-12-5-3-7-16(9-12)10-13-6-4-8-18-13/h4,6,8,11-12H,3,5,7,9-10H2,1-2H3,(H,15,17). The zero-order valence-corrected chi connectivity index (χ0v) is 11.2. The zero-order chi connectivity index (χ0) is 13.0. The van der Waals surface area contributed by atoms with Gasteiger partial charge in [-0.3, -0.25) is 9.69 Å². The second-order valence-electron chi connectivity index (χ2n) is 5.32. The highest BCUT2D eigenvalue weighted by Crippen LogP contribution is 2.14. The van der Waals surface area contributed by atoms with Crippen molar-refractivity contribution in [3.05, 3.63) is 24.2 Å². The summed E-state index contributed by atoms with van der Waals surface area (Å²) in [7, 11) is 0. The summed E-state index contributed by atoms with van der Waals surface area (Å²) < 4.78 is 5.36. The van der Waals surface area contributed by atoms with E-state index in [9.17, 15) is 4.79 Å². The summed E-state index contributed by atoms with van der Waals surface area (Å²) in [5, 5.41) is 3.12. The van der Waals surface area contributed by atoms with Crippen LogP contribution < -0.4 is 5.32 Å². The van der Waals surface area contributed by atoms with Gasteiger partial charge < -0.3 is 9.73 Å². The van der Waals surface area contributed by atoms with E-state index < -0.39 is 0 Å². The second kappa shape index (κ2) is 6.05. The van der Waals surface area contributed by atoms with Gasteiger partial charge in [0.05, 0.1) is 12.8 Å².